The minimum Gasteiger partial charge on any atom is -0.492 e. The second kappa shape index (κ2) is 12.0. The minimum atomic E-state index is 0.0734. The van der Waals surface area contributed by atoms with Crippen molar-refractivity contribution in [2.45, 2.75) is 37.7 Å². The zero-order chi connectivity index (χ0) is 19.6. The van der Waals surface area contributed by atoms with Gasteiger partial charge in [-0.15, -0.1) is 0 Å². The molecule has 0 amide bonds. The van der Waals surface area contributed by atoms with Gasteiger partial charge in [0.15, 0.2) is 0 Å². The predicted octanol–water partition coefficient (Wildman–Crippen LogP) is 4.11. The fourth-order valence-electron chi connectivity index (χ4n) is 2.84. The molecule has 6 heteroatoms. The Balaban J connectivity index is 1.88. The number of carbonyl (C=O) groups excluding carboxylic acids is 1. The van der Waals surface area contributed by atoms with Crippen LogP contribution in [0.1, 0.15) is 38.0 Å². The number of ether oxygens (including phenoxy) is 2. The van der Waals surface area contributed by atoms with Crippen LogP contribution in [0.15, 0.2) is 24.3 Å². The van der Waals surface area contributed by atoms with Crippen LogP contribution in [0.2, 0.25) is 0 Å². The summed E-state index contributed by atoms with van der Waals surface area (Å²) >= 11 is 6.29. The van der Waals surface area contributed by atoms with Crippen molar-refractivity contribution in [3.05, 3.63) is 29.8 Å². The number of morpholine rings is 1. The first-order valence-corrected chi connectivity index (χ1v) is 11.4. The molecule has 0 aromatic heterocycles. The maximum absolute atomic E-state index is 12.3. The van der Waals surface area contributed by atoms with E-state index in [4.69, 9.17) is 9.47 Å². The highest BCUT2D eigenvalue weighted by Gasteiger charge is 2.19. The SMILES string of the molecule is CC(S)CSC(CC(=O)C(C)C)c1ccc(OCCN2CCOCC2)cc1. The van der Waals surface area contributed by atoms with Crippen LogP contribution in [0, 0.1) is 5.92 Å². The highest BCUT2D eigenvalue weighted by molar-refractivity contribution is 8.00. The molecule has 1 aromatic carbocycles. The van der Waals surface area contributed by atoms with Crippen LogP contribution in [-0.2, 0) is 9.53 Å². The van der Waals surface area contributed by atoms with Crippen molar-refractivity contribution in [3.8, 4) is 5.75 Å². The monoisotopic (exact) mass is 411 g/mol. The number of hydrogen-bond acceptors (Lipinski definition) is 6. The number of rotatable bonds is 11. The number of nitrogens with zero attached hydrogens (tertiary/aromatic N) is 1. The van der Waals surface area contributed by atoms with Crippen molar-refractivity contribution in [2.24, 2.45) is 5.92 Å². The molecule has 2 unspecified atom stereocenters. The van der Waals surface area contributed by atoms with Gasteiger partial charge in [0.2, 0.25) is 0 Å². The van der Waals surface area contributed by atoms with Gasteiger partial charge in [0.1, 0.15) is 18.1 Å². The number of carbonyl (C=O) groups is 1. The lowest BCUT2D eigenvalue weighted by Crippen LogP contribution is -2.38. The molecule has 1 aliphatic heterocycles. The zero-order valence-corrected chi connectivity index (χ0v) is 18.4. The maximum Gasteiger partial charge on any atom is 0.136 e. The summed E-state index contributed by atoms with van der Waals surface area (Å²) < 4.78 is 11.3. The quantitative estimate of drug-likeness (QED) is 0.555. The van der Waals surface area contributed by atoms with E-state index in [1.807, 2.05) is 37.7 Å². The van der Waals surface area contributed by atoms with Crippen LogP contribution >= 0.6 is 24.4 Å². The van der Waals surface area contributed by atoms with Crippen molar-refractivity contribution >= 4 is 30.2 Å². The second-order valence-electron chi connectivity index (χ2n) is 7.37. The highest BCUT2D eigenvalue weighted by atomic mass is 32.2. The van der Waals surface area contributed by atoms with Gasteiger partial charge in [0, 0.05) is 48.2 Å². The Hall–Kier alpha value is -0.690. The topological polar surface area (TPSA) is 38.8 Å². The molecule has 1 aliphatic rings. The van der Waals surface area contributed by atoms with Gasteiger partial charge in [0.25, 0.3) is 0 Å². The van der Waals surface area contributed by atoms with Crippen molar-refractivity contribution < 1.29 is 14.3 Å². The summed E-state index contributed by atoms with van der Waals surface area (Å²) in [5.74, 6) is 2.19. The molecule has 0 spiro atoms. The van der Waals surface area contributed by atoms with Crippen LogP contribution in [-0.4, -0.2) is 61.1 Å². The van der Waals surface area contributed by atoms with Crippen LogP contribution < -0.4 is 4.74 Å². The van der Waals surface area contributed by atoms with Crippen LogP contribution in [0.3, 0.4) is 0 Å². The number of ketones is 1. The summed E-state index contributed by atoms with van der Waals surface area (Å²) in [4.78, 5) is 14.6. The molecule has 2 rings (SSSR count). The zero-order valence-electron chi connectivity index (χ0n) is 16.7. The molecular weight excluding hydrogens is 378 g/mol. The second-order valence-corrected chi connectivity index (χ2v) is 9.48. The summed E-state index contributed by atoms with van der Waals surface area (Å²) in [5, 5.41) is 0.492. The van der Waals surface area contributed by atoms with Gasteiger partial charge in [-0.2, -0.15) is 24.4 Å². The van der Waals surface area contributed by atoms with Gasteiger partial charge < -0.3 is 9.47 Å². The van der Waals surface area contributed by atoms with E-state index in [1.54, 1.807) is 0 Å². The van der Waals surface area contributed by atoms with Crippen molar-refractivity contribution in [2.75, 3.05) is 45.2 Å². The van der Waals surface area contributed by atoms with E-state index in [0.29, 0.717) is 24.1 Å². The summed E-state index contributed by atoms with van der Waals surface area (Å²) in [6, 6.07) is 8.23. The molecule has 0 aliphatic carbocycles. The Morgan fingerprint density at radius 1 is 1.22 bits per heavy atom. The summed E-state index contributed by atoms with van der Waals surface area (Å²) in [5.41, 5.74) is 1.18. The average Bonchev–Trinajstić information content (AvgIpc) is 2.66. The third kappa shape index (κ3) is 8.46. The molecule has 1 saturated heterocycles. The van der Waals surface area contributed by atoms with Crippen LogP contribution in [0.4, 0.5) is 0 Å². The number of thioether (sulfide) groups is 1. The van der Waals surface area contributed by atoms with E-state index >= 15 is 0 Å². The Kier molecular flexibility index (Phi) is 10.0. The standard InChI is InChI=1S/C21H33NO3S2/c1-16(2)20(23)14-21(27-15-17(3)26)18-4-6-19(7-5-18)25-13-10-22-8-11-24-12-9-22/h4-7,16-17,21,26H,8-15H2,1-3H3. The van der Waals surface area contributed by atoms with Gasteiger partial charge in [-0.25, -0.2) is 0 Å². The molecule has 1 aromatic rings. The smallest absolute Gasteiger partial charge is 0.136 e. The number of benzene rings is 1. The van der Waals surface area contributed by atoms with Crippen molar-refractivity contribution in [3.63, 3.8) is 0 Å². The molecule has 27 heavy (non-hydrogen) atoms. The molecule has 0 saturated carbocycles. The first-order valence-electron chi connectivity index (χ1n) is 9.81. The largest absolute Gasteiger partial charge is 0.492 e. The van der Waals surface area contributed by atoms with Crippen molar-refractivity contribution in [1.82, 2.24) is 4.90 Å². The Morgan fingerprint density at radius 3 is 2.48 bits per heavy atom. The molecule has 0 bridgehead atoms. The lowest BCUT2D eigenvalue weighted by atomic mass is 10.0. The first-order chi connectivity index (χ1) is 13.0. The summed E-state index contributed by atoms with van der Waals surface area (Å²) in [6.45, 7) is 11.2. The van der Waals surface area contributed by atoms with Crippen molar-refractivity contribution in [1.29, 1.82) is 0 Å². The molecule has 1 fully saturated rings. The summed E-state index contributed by atoms with van der Waals surface area (Å²) in [7, 11) is 0. The van der Waals surface area contributed by atoms with Gasteiger partial charge >= 0.3 is 0 Å². The Morgan fingerprint density at radius 2 is 1.89 bits per heavy atom. The highest BCUT2D eigenvalue weighted by Crippen LogP contribution is 2.35. The lowest BCUT2D eigenvalue weighted by molar-refractivity contribution is -0.121. The lowest BCUT2D eigenvalue weighted by Gasteiger charge is -2.26. The fourth-order valence-corrected chi connectivity index (χ4v) is 4.24. The molecule has 1 heterocycles. The average molecular weight is 412 g/mol. The molecule has 152 valence electrons. The molecule has 4 nitrogen and oxygen atoms in total. The maximum atomic E-state index is 12.3. The molecule has 0 radical (unpaired) electrons. The van der Waals surface area contributed by atoms with E-state index in [-0.39, 0.29) is 11.2 Å². The van der Waals surface area contributed by atoms with Gasteiger partial charge in [-0.3, -0.25) is 9.69 Å². The Bertz CT molecular complexity index is 557. The van der Waals surface area contributed by atoms with Crippen LogP contribution in [0.25, 0.3) is 0 Å². The number of thiol groups is 1. The van der Waals surface area contributed by atoms with E-state index in [2.05, 4.69) is 36.6 Å². The first kappa shape index (κ1) is 22.6. The third-order valence-electron chi connectivity index (χ3n) is 4.60. The van der Waals surface area contributed by atoms with Gasteiger partial charge in [-0.05, 0) is 17.7 Å². The number of Topliss-reactive ketones (excluding diaryl/α,β-unsaturated/α-hetero) is 1. The van der Waals surface area contributed by atoms with Gasteiger partial charge in [0.05, 0.1) is 13.2 Å². The predicted molar refractivity (Wildman–Crippen MR) is 117 cm³/mol. The fraction of sp³-hybridized carbons (Fsp3) is 0.667. The third-order valence-corrected chi connectivity index (χ3v) is 6.56. The van der Waals surface area contributed by atoms with Crippen LogP contribution in [0.5, 0.6) is 5.75 Å². The molecule has 0 N–H and O–H groups in total. The molecular formula is C21H33NO3S2. The normalized spacial score (nSPS) is 17.7. The van der Waals surface area contributed by atoms with Gasteiger partial charge in [-0.1, -0.05) is 32.9 Å². The minimum absolute atomic E-state index is 0.0734. The molecule has 2 atom stereocenters. The summed E-state index contributed by atoms with van der Waals surface area (Å²) in [6.07, 6.45) is 0.570. The van der Waals surface area contributed by atoms with E-state index in [1.165, 1.54) is 5.56 Å². The van der Waals surface area contributed by atoms with E-state index in [9.17, 15) is 4.79 Å². The number of hydrogen-bond donors (Lipinski definition) is 1. The van der Waals surface area contributed by atoms with E-state index in [0.717, 1.165) is 44.4 Å². The van der Waals surface area contributed by atoms with E-state index < -0.39 is 0 Å². The Labute approximate surface area is 173 Å².